The van der Waals surface area contributed by atoms with Gasteiger partial charge in [0.15, 0.2) is 0 Å². The molecule has 1 aromatic rings. The molecule has 0 radical (unpaired) electrons. The van der Waals surface area contributed by atoms with Gasteiger partial charge >= 0.3 is 5.91 Å². The third-order valence-electron chi connectivity index (χ3n) is 3.47. The highest BCUT2D eigenvalue weighted by atomic mass is 32.2. The van der Waals surface area contributed by atoms with Gasteiger partial charge in [0.25, 0.3) is 0 Å². The molecule has 1 N–H and O–H groups in total. The van der Waals surface area contributed by atoms with E-state index in [0.29, 0.717) is 6.42 Å². The van der Waals surface area contributed by atoms with Gasteiger partial charge in [0.1, 0.15) is 0 Å². The molecule has 1 amide bonds. The van der Waals surface area contributed by atoms with Gasteiger partial charge in [-0.3, -0.25) is 9.78 Å². The number of rotatable bonds is 5. The highest BCUT2D eigenvalue weighted by Gasteiger charge is 2.31. The Morgan fingerprint density at radius 2 is 2.33 bits per heavy atom. The number of nitroso groups, excluding NO2 is 1. The van der Waals surface area contributed by atoms with Crippen LogP contribution in [0, 0.1) is 22.7 Å². The number of aromatic nitrogens is 1. The molecule has 1 heterocycles. The summed E-state index contributed by atoms with van der Waals surface area (Å²) in [5, 5.41) is 11.8. The van der Waals surface area contributed by atoms with Crippen molar-refractivity contribution in [2.45, 2.75) is 29.9 Å². The molecular formula is C18H18N2O3S. The Kier molecular flexibility index (Phi) is 6.07. The van der Waals surface area contributed by atoms with Crippen LogP contribution in [0.3, 0.4) is 0 Å². The topological polar surface area (TPSA) is 79.6 Å². The number of amides is 1. The number of aliphatic hydroxyl groups excluding tert-OH is 1. The second kappa shape index (κ2) is 8.04. The fourth-order valence-electron chi connectivity index (χ4n) is 2.11. The van der Waals surface area contributed by atoms with E-state index in [1.165, 1.54) is 11.8 Å². The van der Waals surface area contributed by atoms with Crippen LogP contribution in [0.4, 0.5) is 0 Å². The highest BCUT2D eigenvalue weighted by molar-refractivity contribution is 8.01. The first-order chi connectivity index (χ1) is 11.5. The SMILES string of the molecule is CC(C)(Sc1ccncc1C1=C/CC#CC(CO)/C=C\1)C(=O)N=O. The molecule has 5 nitrogen and oxygen atoms in total. The molecule has 2 rings (SSSR count). The number of carbonyl (C=O) groups is 1. The third kappa shape index (κ3) is 4.40. The van der Waals surface area contributed by atoms with Crippen molar-refractivity contribution >= 4 is 23.2 Å². The van der Waals surface area contributed by atoms with E-state index in [-0.39, 0.29) is 12.5 Å². The zero-order valence-electron chi connectivity index (χ0n) is 13.5. The molecule has 0 aliphatic heterocycles. The zero-order chi connectivity index (χ0) is 17.6. The maximum absolute atomic E-state index is 11.7. The lowest BCUT2D eigenvalue weighted by atomic mass is 10.0. The molecule has 0 fully saturated rings. The first-order valence-electron chi connectivity index (χ1n) is 7.46. The molecule has 1 unspecified atom stereocenters. The number of pyridine rings is 1. The van der Waals surface area contributed by atoms with Crippen LogP contribution in [0.15, 0.2) is 46.8 Å². The summed E-state index contributed by atoms with van der Waals surface area (Å²) in [6, 6.07) is 1.81. The molecule has 124 valence electrons. The normalized spacial score (nSPS) is 20.6. The molecule has 24 heavy (non-hydrogen) atoms. The average molecular weight is 342 g/mol. The Labute approximate surface area is 145 Å². The predicted molar refractivity (Wildman–Crippen MR) is 95.1 cm³/mol. The number of thioether (sulfide) groups is 1. The Balaban J connectivity index is 2.37. The van der Waals surface area contributed by atoms with Crippen molar-refractivity contribution in [2.24, 2.45) is 11.1 Å². The molecule has 0 aromatic carbocycles. The maximum Gasteiger partial charge on any atom is 0.302 e. The van der Waals surface area contributed by atoms with Gasteiger partial charge in [0.05, 0.1) is 17.3 Å². The quantitative estimate of drug-likeness (QED) is 0.505. The number of hydrogen-bond acceptors (Lipinski definition) is 5. The highest BCUT2D eigenvalue weighted by Crippen LogP contribution is 2.38. The van der Waals surface area contributed by atoms with Gasteiger partial charge in [0.2, 0.25) is 0 Å². The minimum absolute atomic E-state index is 0.0298. The second-order valence-electron chi connectivity index (χ2n) is 5.71. The lowest BCUT2D eigenvalue weighted by Crippen LogP contribution is -2.25. The lowest BCUT2D eigenvalue weighted by molar-refractivity contribution is -0.119. The summed E-state index contributed by atoms with van der Waals surface area (Å²) in [5.74, 6) is 5.08. The molecule has 1 aliphatic carbocycles. The summed E-state index contributed by atoms with van der Waals surface area (Å²) >= 11 is 1.27. The van der Waals surface area contributed by atoms with Crippen molar-refractivity contribution in [3.8, 4) is 11.8 Å². The molecule has 0 spiro atoms. The monoisotopic (exact) mass is 342 g/mol. The lowest BCUT2D eigenvalue weighted by Gasteiger charge is -2.20. The summed E-state index contributed by atoms with van der Waals surface area (Å²) < 4.78 is -0.961. The Morgan fingerprint density at radius 1 is 1.54 bits per heavy atom. The molecule has 0 saturated carbocycles. The van der Waals surface area contributed by atoms with Gasteiger partial charge in [-0.1, -0.05) is 30.1 Å². The zero-order valence-corrected chi connectivity index (χ0v) is 14.3. The number of aliphatic hydroxyl groups is 1. The Morgan fingerprint density at radius 3 is 3.04 bits per heavy atom. The van der Waals surface area contributed by atoms with E-state index in [1.807, 2.05) is 24.3 Å². The van der Waals surface area contributed by atoms with Crippen molar-refractivity contribution in [3.63, 3.8) is 0 Å². The van der Waals surface area contributed by atoms with Crippen molar-refractivity contribution < 1.29 is 9.90 Å². The molecule has 1 aliphatic rings. The van der Waals surface area contributed by atoms with Crippen molar-refractivity contribution in [1.82, 2.24) is 4.98 Å². The number of allylic oxidation sites excluding steroid dienone is 3. The van der Waals surface area contributed by atoms with Crippen molar-refractivity contribution in [3.05, 3.63) is 47.2 Å². The van der Waals surface area contributed by atoms with Crippen LogP contribution >= 0.6 is 11.8 Å². The first kappa shape index (κ1) is 18.1. The van der Waals surface area contributed by atoms with E-state index in [2.05, 4.69) is 22.0 Å². The van der Waals surface area contributed by atoms with E-state index in [9.17, 15) is 14.8 Å². The van der Waals surface area contributed by atoms with Gasteiger partial charge in [-0.2, -0.15) is 0 Å². The number of carbonyl (C=O) groups excluding carboxylic acids is 1. The van der Waals surface area contributed by atoms with E-state index >= 15 is 0 Å². The summed E-state index contributed by atoms with van der Waals surface area (Å²) in [6.45, 7) is 3.31. The van der Waals surface area contributed by atoms with Crippen LogP contribution in [0.1, 0.15) is 25.8 Å². The molecule has 0 saturated heterocycles. The second-order valence-corrected chi connectivity index (χ2v) is 7.38. The van der Waals surface area contributed by atoms with Crippen LogP contribution in [0.25, 0.3) is 5.57 Å². The minimum Gasteiger partial charge on any atom is -0.395 e. The predicted octanol–water partition coefficient (Wildman–Crippen LogP) is 3.20. The van der Waals surface area contributed by atoms with Crippen molar-refractivity contribution in [2.75, 3.05) is 6.61 Å². The van der Waals surface area contributed by atoms with E-state index in [4.69, 9.17) is 0 Å². The molecule has 0 bridgehead atoms. The summed E-state index contributed by atoms with van der Waals surface area (Å²) in [6.07, 6.45) is 9.66. The summed E-state index contributed by atoms with van der Waals surface area (Å²) in [4.78, 5) is 27.3. The van der Waals surface area contributed by atoms with Crippen LogP contribution in [-0.4, -0.2) is 27.4 Å². The largest absolute Gasteiger partial charge is 0.395 e. The molecule has 1 atom stereocenters. The smallest absolute Gasteiger partial charge is 0.302 e. The summed E-state index contributed by atoms with van der Waals surface area (Å²) in [7, 11) is 0. The molecular weight excluding hydrogens is 324 g/mol. The molecule has 6 heteroatoms. The van der Waals surface area contributed by atoms with Crippen LogP contribution in [0.2, 0.25) is 0 Å². The van der Waals surface area contributed by atoms with E-state index < -0.39 is 10.7 Å². The van der Waals surface area contributed by atoms with Crippen LogP contribution < -0.4 is 0 Å². The number of nitrogens with zero attached hydrogens (tertiary/aromatic N) is 2. The van der Waals surface area contributed by atoms with E-state index in [1.54, 1.807) is 26.2 Å². The fourth-order valence-corrected chi connectivity index (χ4v) is 3.19. The summed E-state index contributed by atoms with van der Waals surface area (Å²) in [5.41, 5.74) is 1.77. The minimum atomic E-state index is -0.961. The van der Waals surface area contributed by atoms with Crippen molar-refractivity contribution in [1.29, 1.82) is 0 Å². The third-order valence-corrected chi connectivity index (χ3v) is 4.73. The van der Waals surface area contributed by atoms with E-state index in [0.717, 1.165) is 16.0 Å². The van der Waals surface area contributed by atoms with Gasteiger partial charge in [-0.25, -0.2) is 0 Å². The van der Waals surface area contributed by atoms with Crippen LogP contribution in [0.5, 0.6) is 0 Å². The fraction of sp³-hybridized carbons (Fsp3) is 0.333. The molecule has 1 aromatic heterocycles. The van der Waals surface area contributed by atoms with Gasteiger partial charge in [-0.15, -0.1) is 16.7 Å². The van der Waals surface area contributed by atoms with Gasteiger partial charge in [0, 0.05) is 34.5 Å². The van der Waals surface area contributed by atoms with Gasteiger partial charge < -0.3 is 5.11 Å². The Hall–Kier alpha value is -2.23. The number of hydrogen-bond donors (Lipinski definition) is 1. The first-order valence-corrected chi connectivity index (χ1v) is 8.28. The standard InChI is InChI=1S/C18H18N2O3S/c1-18(2,17(22)20-23)24-16-9-10-19-11-15(16)14-6-4-3-5-13(12-21)7-8-14/h6-11,13,21H,4,12H2,1-2H3/b8-7-,14-6+. The van der Waals surface area contributed by atoms with Gasteiger partial charge in [-0.05, 0) is 25.5 Å². The van der Waals surface area contributed by atoms with Crippen LogP contribution in [-0.2, 0) is 4.79 Å². The Bertz CT molecular complexity index is 757. The maximum atomic E-state index is 11.7. The average Bonchev–Trinajstić information content (AvgIpc) is 2.55.